The molecule has 4 nitrogen and oxygen atoms in total. The van der Waals surface area contributed by atoms with Crippen molar-refractivity contribution in [2.45, 2.75) is 0 Å². The van der Waals surface area contributed by atoms with E-state index in [-0.39, 0.29) is 0 Å². The van der Waals surface area contributed by atoms with Crippen LogP contribution in [0.5, 0.6) is 17.2 Å². The average molecular weight is 309 g/mol. The number of anilines is 1. The number of nitrogens with one attached hydrogen (secondary N) is 1. The standard InChI is InChI=1S/C9H12INO3/c1-12-7-4-6(11-10)5-8(13-2)9(7)14-3/h4-5,11H,1-3H3. The van der Waals surface area contributed by atoms with E-state index in [0.29, 0.717) is 17.2 Å². The highest BCUT2D eigenvalue weighted by Crippen LogP contribution is 2.40. The highest BCUT2D eigenvalue weighted by molar-refractivity contribution is 14.1. The van der Waals surface area contributed by atoms with Gasteiger partial charge in [-0.15, -0.1) is 0 Å². The molecule has 0 bridgehead atoms. The van der Waals surface area contributed by atoms with Crippen molar-refractivity contribution < 1.29 is 14.2 Å². The van der Waals surface area contributed by atoms with Crippen LogP contribution in [-0.4, -0.2) is 21.3 Å². The first-order valence-electron chi connectivity index (χ1n) is 3.93. The van der Waals surface area contributed by atoms with E-state index in [1.807, 2.05) is 35.0 Å². The van der Waals surface area contributed by atoms with Gasteiger partial charge in [0, 0.05) is 12.1 Å². The minimum absolute atomic E-state index is 0.602. The topological polar surface area (TPSA) is 39.7 Å². The van der Waals surface area contributed by atoms with Gasteiger partial charge in [0.2, 0.25) is 5.75 Å². The zero-order chi connectivity index (χ0) is 10.6. The Labute approximate surface area is 97.0 Å². The zero-order valence-corrected chi connectivity index (χ0v) is 10.4. The van der Waals surface area contributed by atoms with Gasteiger partial charge in [0.1, 0.15) is 0 Å². The maximum atomic E-state index is 5.18. The van der Waals surface area contributed by atoms with E-state index in [9.17, 15) is 0 Å². The summed E-state index contributed by atoms with van der Waals surface area (Å²) in [4.78, 5) is 0. The maximum Gasteiger partial charge on any atom is 0.203 e. The molecule has 0 saturated heterocycles. The van der Waals surface area contributed by atoms with Gasteiger partial charge in [-0.25, -0.2) is 0 Å². The Bertz CT molecular complexity index is 292. The molecule has 0 heterocycles. The first-order valence-corrected chi connectivity index (χ1v) is 5.01. The second kappa shape index (κ2) is 5.14. The third-order valence-electron chi connectivity index (χ3n) is 1.77. The van der Waals surface area contributed by atoms with Crippen molar-refractivity contribution in [2.24, 2.45) is 0 Å². The minimum Gasteiger partial charge on any atom is -0.493 e. The van der Waals surface area contributed by atoms with E-state index < -0.39 is 0 Å². The first-order chi connectivity index (χ1) is 6.76. The molecule has 0 amide bonds. The molecule has 0 radical (unpaired) electrons. The number of hydrogen-bond acceptors (Lipinski definition) is 4. The van der Waals surface area contributed by atoms with Crippen molar-refractivity contribution in [2.75, 3.05) is 24.9 Å². The molecular weight excluding hydrogens is 297 g/mol. The molecule has 0 aromatic heterocycles. The van der Waals surface area contributed by atoms with Gasteiger partial charge >= 0.3 is 0 Å². The zero-order valence-electron chi connectivity index (χ0n) is 8.26. The fraction of sp³-hybridized carbons (Fsp3) is 0.333. The minimum atomic E-state index is 0.602. The van der Waals surface area contributed by atoms with Crippen molar-refractivity contribution >= 4 is 28.6 Å². The summed E-state index contributed by atoms with van der Waals surface area (Å²) in [5, 5.41) is 0. The second-order valence-corrected chi connectivity index (χ2v) is 3.05. The van der Waals surface area contributed by atoms with E-state index in [2.05, 4.69) is 3.53 Å². The number of hydrogen-bond donors (Lipinski definition) is 1. The van der Waals surface area contributed by atoms with E-state index in [0.717, 1.165) is 5.69 Å². The Morgan fingerprint density at radius 2 is 1.50 bits per heavy atom. The summed E-state index contributed by atoms with van der Waals surface area (Å²) in [7, 11) is 4.76. The Morgan fingerprint density at radius 1 is 1.00 bits per heavy atom. The summed E-state index contributed by atoms with van der Waals surface area (Å²) < 4.78 is 18.5. The lowest BCUT2D eigenvalue weighted by Gasteiger charge is -2.13. The fourth-order valence-electron chi connectivity index (χ4n) is 1.14. The fourth-order valence-corrected chi connectivity index (χ4v) is 1.45. The molecule has 1 aromatic rings. The summed E-state index contributed by atoms with van der Waals surface area (Å²) in [5.41, 5.74) is 0.903. The molecular formula is C9H12INO3. The number of halogens is 1. The second-order valence-electron chi connectivity index (χ2n) is 2.51. The van der Waals surface area contributed by atoms with E-state index in [1.54, 1.807) is 21.3 Å². The van der Waals surface area contributed by atoms with Gasteiger partial charge in [-0.2, -0.15) is 0 Å². The van der Waals surface area contributed by atoms with E-state index in [4.69, 9.17) is 14.2 Å². The third kappa shape index (κ3) is 2.14. The molecule has 1 N–H and O–H groups in total. The molecule has 0 atom stereocenters. The predicted octanol–water partition coefficient (Wildman–Crippen LogP) is 2.47. The summed E-state index contributed by atoms with van der Waals surface area (Å²) in [6.45, 7) is 0. The molecule has 14 heavy (non-hydrogen) atoms. The van der Waals surface area contributed by atoms with E-state index >= 15 is 0 Å². The van der Waals surface area contributed by atoms with Gasteiger partial charge in [-0.3, -0.25) is 0 Å². The molecule has 0 unspecified atom stereocenters. The lowest BCUT2D eigenvalue weighted by Crippen LogP contribution is -1.95. The van der Waals surface area contributed by atoms with Crippen LogP contribution in [0.4, 0.5) is 5.69 Å². The van der Waals surface area contributed by atoms with Crippen LogP contribution in [0.15, 0.2) is 12.1 Å². The van der Waals surface area contributed by atoms with Crippen LogP contribution < -0.4 is 17.7 Å². The lowest BCUT2D eigenvalue weighted by atomic mass is 10.2. The highest BCUT2D eigenvalue weighted by atomic mass is 127. The largest absolute Gasteiger partial charge is 0.493 e. The quantitative estimate of drug-likeness (QED) is 0.685. The molecule has 0 spiro atoms. The number of ether oxygens (including phenoxy) is 3. The Kier molecular flexibility index (Phi) is 4.12. The van der Waals surface area contributed by atoms with Crippen LogP contribution in [-0.2, 0) is 0 Å². The molecule has 0 aliphatic heterocycles. The van der Waals surface area contributed by atoms with Crippen molar-refractivity contribution in [3.63, 3.8) is 0 Å². The summed E-state index contributed by atoms with van der Waals surface area (Å²) in [6, 6.07) is 3.68. The SMILES string of the molecule is COc1cc(NI)cc(OC)c1OC. The first kappa shape index (κ1) is 11.2. The van der Waals surface area contributed by atoms with E-state index in [1.165, 1.54) is 0 Å². The van der Waals surface area contributed by atoms with Gasteiger partial charge in [-0.05, 0) is 0 Å². The molecule has 1 aromatic carbocycles. The molecule has 0 aliphatic carbocycles. The molecule has 5 heteroatoms. The lowest BCUT2D eigenvalue weighted by molar-refractivity contribution is 0.325. The van der Waals surface area contributed by atoms with Gasteiger partial charge < -0.3 is 17.7 Å². The number of rotatable bonds is 4. The van der Waals surface area contributed by atoms with Crippen molar-refractivity contribution in [3.05, 3.63) is 12.1 Å². The maximum absolute atomic E-state index is 5.18. The van der Waals surface area contributed by atoms with Gasteiger partial charge in [0.15, 0.2) is 11.5 Å². The van der Waals surface area contributed by atoms with Crippen molar-refractivity contribution in [1.29, 1.82) is 0 Å². The van der Waals surface area contributed by atoms with Crippen LogP contribution in [0.1, 0.15) is 0 Å². The number of benzene rings is 1. The Morgan fingerprint density at radius 3 is 1.79 bits per heavy atom. The Hall–Kier alpha value is -0.850. The van der Waals surface area contributed by atoms with Crippen LogP contribution >= 0.6 is 22.9 Å². The third-order valence-corrected chi connectivity index (χ3v) is 2.40. The summed E-state index contributed by atoms with van der Waals surface area (Å²) in [5.74, 6) is 1.89. The van der Waals surface area contributed by atoms with Gasteiger partial charge in [0.25, 0.3) is 0 Å². The molecule has 0 saturated carbocycles. The molecule has 0 aliphatic rings. The average Bonchev–Trinajstić information content (AvgIpc) is 2.26. The predicted molar refractivity (Wildman–Crippen MR) is 63.7 cm³/mol. The van der Waals surface area contributed by atoms with Crippen LogP contribution in [0.2, 0.25) is 0 Å². The normalized spacial score (nSPS) is 9.43. The number of methoxy groups -OCH3 is 3. The van der Waals surface area contributed by atoms with Crippen LogP contribution in [0.3, 0.4) is 0 Å². The van der Waals surface area contributed by atoms with Crippen molar-refractivity contribution in [1.82, 2.24) is 0 Å². The summed E-state index contributed by atoms with van der Waals surface area (Å²) in [6.07, 6.45) is 0. The van der Waals surface area contributed by atoms with Crippen LogP contribution in [0.25, 0.3) is 0 Å². The van der Waals surface area contributed by atoms with Gasteiger partial charge in [-0.1, -0.05) is 0 Å². The highest BCUT2D eigenvalue weighted by Gasteiger charge is 2.12. The molecule has 0 fully saturated rings. The Balaban J connectivity index is 3.24. The molecule has 78 valence electrons. The summed E-state index contributed by atoms with van der Waals surface area (Å²) >= 11 is 2.04. The van der Waals surface area contributed by atoms with Gasteiger partial charge in [0.05, 0.1) is 49.9 Å². The monoisotopic (exact) mass is 309 g/mol. The smallest absolute Gasteiger partial charge is 0.203 e. The van der Waals surface area contributed by atoms with Crippen molar-refractivity contribution in [3.8, 4) is 17.2 Å². The molecule has 1 rings (SSSR count). The van der Waals surface area contributed by atoms with Crippen LogP contribution in [0, 0.1) is 0 Å².